The van der Waals surface area contributed by atoms with Gasteiger partial charge in [0.05, 0.1) is 17.2 Å². The van der Waals surface area contributed by atoms with E-state index < -0.39 is 23.6 Å². The molecule has 0 fully saturated rings. The molecule has 0 unspecified atom stereocenters. The first-order chi connectivity index (χ1) is 12.0. The quantitative estimate of drug-likeness (QED) is 0.736. The molecule has 4 nitrogen and oxygen atoms in total. The molecule has 0 radical (unpaired) electrons. The number of hydrogen-bond acceptors (Lipinski definition) is 4. The van der Waals surface area contributed by atoms with E-state index in [0.29, 0.717) is 5.56 Å². The lowest BCUT2D eigenvalue weighted by Gasteiger charge is -2.11. The maximum absolute atomic E-state index is 12.8. The Morgan fingerprint density at radius 1 is 1.19 bits per heavy atom. The molecule has 0 aliphatic rings. The van der Waals surface area contributed by atoms with Crippen molar-refractivity contribution in [2.45, 2.75) is 40.0 Å². The minimum absolute atomic E-state index is 0.147. The molecule has 0 aliphatic heterocycles. The molecule has 2 rings (SSSR count). The number of thiophene rings is 1. The van der Waals surface area contributed by atoms with Crippen molar-refractivity contribution >= 4 is 28.2 Å². The van der Waals surface area contributed by atoms with Gasteiger partial charge in [-0.25, -0.2) is 4.79 Å². The van der Waals surface area contributed by atoms with E-state index in [1.54, 1.807) is 27.7 Å². The standard InChI is InChI=1S/C18H18F3NO3S/c1-9(2)25-17(24)14-10(3)11(4)26-16(14)22-15(23)12-6-5-7-13(8-12)18(19,20)21/h5-9H,1-4H3,(H,22,23). The van der Waals surface area contributed by atoms with Gasteiger partial charge in [-0.05, 0) is 51.5 Å². The molecule has 1 amide bonds. The molecule has 0 atom stereocenters. The molecule has 1 heterocycles. The summed E-state index contributed by atoms with van der Waals surface area (Å²) in [4.78, 5) is 25.5. The van der Waals surface area contributed by atoms with E-state index in [-0.39, 0.29) is 22.2 Å². The first kappa shape index (κ1) is 20.0. The fourth-order valence-electron chi connectivity index (χ4n) is 2.25. The van der Waals surface area contributed by atoms with Gasteiger partial charge in [-0.3, -0.25) is 4.79 Å². The number of carbonyl (C=O) groups is 2. The summed E-state index contributed by atoms with van der Waals surface area (Å²) in [5.41, 5.74) is -0.170. The number of esters is 1. The molecule has 2 aromatic rings. The summed E-state index contributed by atoms with van der Waals surface area (Å²) >= 11 is 1.17. The molecule has 140 valence electrons. The van der Waals surface area contributed by atoms with Crippen molar-refractivity contribution in [3.63, 3.8) is 0 Å². The van der Waals surface area contributed by atoms with Crippen molar-refractivity contribution < 1.29 is 27.5 Å². The number of halogens is 3. The van der Waals surface area contributed by atoms with Gasteiger partial charge in [0, 0.05) is 10.4 Å². The van der Waals surface area contributed by atoms with Crippen LogP contribution < -0.4 is 5.32 Å². The van der Waals surface area contributed by atoms with Gasteiger partial charge >= 0.3 is 12.1 Å². The van der Waals surface area contributed by atoms with E-state index in [2.05, 4.69) is 5.32 Å². The van der Waals surface area contributed by atoms with Crippen molar-refractivity contribution in [2.24, 2.45) is 0 Å². The molecular weight excluding hydrogens is 367 g/mol. The van der Waals surface area contributed by atoms with Gasteiger partial charge in [0.1, 0.15) is 5.00 Å². The number of ether oxygens (including phenoxy) is 1. The highest BCUT2D eigenvalue weighted by atomic mass is 32.1. The van der Waals surface area contributed by atoms with Gasteiger partial charge in [0.2, 0.25) is 0 Å². The van der Waals surface area contributed by atoms with Crippen LogP contribution in [-0.2, 0) is 10.9 Å². The zero-order valence-corrected chi connectivity index (χ0v) is 15.5. The highest BCUT2D eigenvalue weighted by Gasteiger charge is 2.31. The van der Waals surface area contributed by atoms with E-state index in [1.165, 1.54) is 17.4 Å². The lowest BCUT2D eigenvalue weighted by molar-refractivity contribution is -0.137. The number of benzene rings is 1. The number of carbonyl (C=O) groups excluding carboxylic acids is 2. The van der Waals surface area contributed by atoms with Crippen molar-refractivity contribution in [2.75, 3.05) is 5.32 Å². The topological polar surface area (TPSA) is 55.4 Å². The molecule has 26 heavy (non-hydrogen) atoms. The average Bonchev–Trinajstić information content (AvgIpc) is 2.80. The number of aryl methyl sites for hydroxylation is 1. The minimum atomic E-state index is -4.54. The number of amides is 1. The Morgan fingerprint density at radius 2 is 1.85 bits per heavy atom. The molecule has 1 aromatic heterocycles. The first-order valence-corrected chi connectivity index (χ1v) is 8.62. The smallest absolute Gasteiger partial charge is 0.416 e. The zero-order chi connectivity index (χ0) is 19.6. The molecule has 0 saturated heterocycles. The van der Waals surface area contributed by atoms with Gasteiger partial charge in [-0.1, -0.05) is 6.07 Å². The fourth-order valence-corrected chi connectivity index (χ4v) is 3.29. The van der Waals surface area contributed by atoms with Crippen molar-refractivity contribution in [3.8, 4) is 0 Å². The van der Waals surface area contributed by atoms with Crippen LogP contribution in [0.2, 0.25) is 0 Å². The van der Waals surface area contributed by atoms with E-state index >= 15 is 0 Å². The molecule has 0 aliphatic carbocycles. The Balaban J connectivity index is 2.33. The molecule has 8 heteroatoms. The maximum atomic E-state index is 12.8. The van der Waals surface area contributed by atoms with Crippen LogP contribution in [0.25, 0.3) is 0 Å². The lowest BCUT2D eigenvalue weighted by Crippen LogP contribution is -2.17. The van der Waals surface area contributed by atoms with Crippen LogP contribution in [0.5, 0.6) is 0 Å². The second kappa shape index (κ2) is 7.49. The van der Waals surface area contributed by atoms with Gasteiger partial charge in [-0.2, -0.15) is 13.2 Å². The highest BCUT2D eigenvalue weighted by molar-refractivity contribution is 7.16. The summed E-state index contributed by atoms with van der Waals surface area (Å²) in [5, 5.41) is 2.79. The summed E-state index contributed by atoms with van der Waals surface area (Å²) in [6, 6.07) is 4.11. The summed E-state index contributed by atoms with van der Waals surface area (Å²) < 4.78 is 43.6. The van der Waals surface area contributed by atoms with E-state index in [1.807, 2.05) is 0 Å². The number of rotatable bonds is 4. The van der Waals surface area contributed by atoms with Crippen LogP contribution in [0.1, 0.15) is 50.6 Å². The Kier molecular flexibility index (Phi) is 5.75. The molecule has 1 N–H and O–H groups in total. The number of anilines is 1. The van der Waals surface area contributed by atoms with Crippen LogP contribution in [-0.4, -0.2) is 18.0 Å². The van der Waals surface area contributed by atoms with Gasteiger partial charge < -0.3 is 10.1 Å². The summed E-state index contributed by atoms with van der Waals surface area (Å²) in [7, 11) is 0. The average molecular weight is 385 g/mol. The Labute approximate surface area is 153 Å². The normalized spacial score (nSPS) is 11.5. The molecule has 0 spiro atoms. The number of nitrogens with one attached hydrogen (secondary N) is 1. The van der Waals surface area contributed by atoms with Crippen LogP contribution >= 0.6 is 11.3 Å². The predicted octanol–water partition coefficient (Wildman–Crippen LogP) is 5.20. The minimum Gasteiger partial charge on any atom is -0.459 e. The van der Waals surface area contributed by atoms with Crippen molar-refractivity contribution in [1.29, 1.82) is 0 Å². The van der Waals surface area contributed by atoms with Crippen molar-refractivity contribution in [3.05, 3.63) is 51.4 Å². The third kappa shape index (κ3) is 4.43. The van der Waals surface area contributed by atoms with Crippen molar-refractivity contribution in [1.82, 2.24) is 0 Å². The zero-order valence-electron chi connectivity index (χ0n) is 14.7. The Morgan fingerprint density at radius 3 is 2.42 bits per heavy atom. The van der Waals surface area contributed by atoms with E-state index in [0.717, 1.165) is 23.1 Å². The van der Waals surface area contributed by atoms with Crippen LogP contribution in [0.4, 0.5) is 18.2 Å². The monoisotopic (exact) mass is 385 g/mol. The van der Waals surface area contributed by atoms with E-state index in [4.69, 9.17) is 4.74 Å². The predicted molar refractivity (Wildman–Crippen MR) is 93.7 cm³/mol. The molecule has 0 saturated carbocycles. The Bertz CT molecular complexity index is 841. The third-order valence-corrected chi connectivity index (χ3v) is 4.73. The first-order valence-electron chi connectivity index (χ1n) is 7.80. The summed E-state index contributed by atoms with van der Waals surface area (Å²) in [6.07, 6.45) is -4.88. The number of alkyl halides is 3. The van der Waals surface area contributed by atoms with Crippen LogP contribution in [0, 0.1) is 13.8 Å². The van der Waals surface area contributed by atoms with Crippen LogP contribution in [0.3, 0.4) is 0 Å². The lowest BCUT2D eigenvalue weighted by atomic mass is 10.1. The molecule has 1 aromatic carbocycles. The molecule has 0 bridgehead atoms. The second-order valence-electron chi connectivity index (χ2n) is 5.97. The van der Waals surface area contributed by atoms with Crippen LogP contribution in [0.15, 0.2) is 24.3 Å². The highest BCUT2D eigenvalue weighted by Crippen LogP contribution is 2.34. The maximum Gasteiger partial charge on any atom is 0.416 e. The second-order valence-corrected chi connectivity index (χ2v) is 7.20. The summed E-state index contributed by atoms with van der Waals surface area (Å²) in [6.45, 7) is 6.91. The van der Waals surface area contributed by atoms with Gasteiger partial charge in [-0.15, -0.1) is 11.3 Å². The summed E-state index contributed by atoms with van der Waals surface area (Å²) in [5.74, 6) is -1.31. The Hall–Kier alpha value is -2.35. The van der Waals surface area contributed by atoms with Gasteiger partial charge in [0.15, 0.2) is 0 Å². The third-order valence-electron chi connectivity index (χ3n) is 3.61. The fraction of sp³-hybridized carbons (Fsp3) is 0.333. The SMILES string of the molecule is Cc1sc(NC(=O)c2cccc(C(F)(F)F)c2)c(C(=O)OC(C)C)c1C. The van der Waals surface area contributed by atoms with Gasteiger partial charge in [0.25, 0.3) is 5.91 Å². The number of hydrogen-bond donors (Lipinski definition) is 1. The largest absolute Gasteiger partial charge is 0.459 e. The molecular formula is C18H18F3NO3S. The van der Waals surface area contributed by atoms with E-state index in [9.17, 15) is 22.8 Å².